The summed E-state index contributed by atoms with van der Waals surface area (Å²) in [5.41, 5.74) is 5.40. The molecule has 1 rings (SSSR count). The molecule has 0 aliphatic rings. The summed E-state index contributed by atoms with van der Waals surface area (Å²) in [6, 6.07) is 0. The lowest BCUT2D eigenvalue weighted by molar-refractivity contribution is 0.475. The average Bonchev–Trinajstić information content (AvgIpc) is 2.34. The van der Waals surface area contributed by atoms with Crippen LogP contribution in [0.2, 0.25) is 0 Å². The fourth-order valence-corrected chi connectivity index (χ4v) is 1.01. The van der Waals surface area contributed by atoms with E-state index in [0.29, 0.717) is 13.1 Å². The van der Waals surface area contributed by atoms with E-state index in [1.54, 1.807) is 4.68 Å². The van der Waals surface area contributed by atoms with E-state index in [1.807, 2.05) is 0 Å². The molecule has 0 atom stereocenters. The first kappa shape index (κ1) is 9.12. The number of nitrogens with two attached hydrogens (primary N) is 1. The minimum atomic E-state index is -0.0152. The Morgan fingerprint density at radius 1 is 1.42 bits per heavy atom. The maximum atomic E-state index is 5.42. The third-order valence-corrected chi connectivity index (χ3v) is 1.54. The Hall–Kier alpha value is -0.970. The van der Waals surface area contributed by atoms with Crippen LogP contribution in [0.15, 0.2) is 0 Å². The normalized spacial score (nSPS) is 12.0. The van der Waals surface area contributed by atoms with Gasteiger partial charge in [-0.1, -0.05) is 20.8 Å². The van der Waals surface area contributed by atoms with Crippen molar-refractivity contribution in [2.24, 2.45) is 5.73 Å². The Bertz CT molecular complexity index is 247. The summed E-state index contributed by atoms with van der Waals surface area (Å²) in [7, 11) is 0. The maximum absolute atomic E-state index is 5.42. The number of hydrogen-bond donors (Lipinski definition) is 1. The highest BCUT2D eigenvalue weighted by atomic mass is 15.5. The van der Waals surface area contributed by atoms with Crippen molar-refractivity contribution >= 4 is 0 Å². The van der Waals surface area contributed by atoms with Crippen LogP contribution in [0.25, 0.3) is 0 Å². The molecule has 0 aliphatic carbocycles. The van der Waals surface area contributed by atoms with Crippen LogP contribution in [0.3, 0.4) is 0 Å². The molecule has 0 spiro atoms. The Morgan fingerprint density at radius 2 is 2.08 bits per heavy atom. The monoisotopic (exact) mass is 169 g/mol. The van der Waals surface area contributed by atoms with Crippen molar-refractivity contribution in [2.45, 2.75) is 32.7 Å². The van der Waals surface area contributed by atoms with Crippen molar-refractivity contribution in [2.75, 3.05) is 6.54 Å². The molecule has 1 heterocycles. The number of aromatic nitrogens is 4. The van der Waals surface area contributed by atoms with Gasteiger partial charge in [-0.3, -0.25) is 0 Å². The summed E-state index contributed by atoms with van der Waals surface area (Å²) < 4.78 is 1.75. The molecule has 1 aromatic rings. The summed E-state index contributed by atoms with van der Waals surface area (Å²) >= 11 is 0. The van der Waals surface area contributed by atoms with Crippen LogP contribution in [-0.2, 0) is 12.0 Å². The quantitative estimate of drug-likeness (QED) is 0.672. The Morgan fingerprint density at radius 3 is 2.58 bits per heavy atom. The second-order valence-electron chi connectivity index (χ2n) is 3.76. The predicted octanol–water partition coefficient (Wildman–Crippen LogP) is -0.0707. The largest absolute Gasteiger partial charge is 0.329 e. The van der Waals surface area contributed by atoms with Gasteiger partial charge in [0.1, 0.15) is 0 Å². The van der Waals surface area contributed by atoms with Crippen molar-refractivity contribution in [3.8, 4) is 0 Å². The number of nitrogens with zero attached hydrogens (tertiary/aromatic N) is 4. The molecule has 0 saturated heterocycles. The van der Waals surface area contributed by atoms with Crippen molar-refractivity contribution in [3.63, 3.8) is 0 Å². The van der Waals surface area contributed by atoms with Gasteiger partial charge in [-0.25, -0.2) is 4.68 Å². The summed E-state index contributed by atoms with van der Waals surface area (Å²) in [5.74, 6) is 0.882. The third-order valence-electron chi connectivity index (χ3n) is 1.54. The van der Waals surface area contributed by atoms with E-state index >= 15 is 0 Å². The Labute approximate surface area is 71.9 Å². The third kappa shape index (κ3) is 1.79. The molecule has 0 unspecified atom stereocenters. The van der Waals surface area contributed by atoms with Crippen LogP contribution in [0.5, 0.6) is 0 Å². The molecule has 0 aliphatic heterocycles. The van der Waals surface area contributed by atoms with Gasteiger partial charge in [0.05, 0.1) is 6.54 Å². The van der Waals surface area contributed by atoms with E-state index in [0.717, 1.165) is 5.82 Å². The van der Waals surface area contributed by atoms with Crippen LogP contribution in [0.4, 0.5) is 0 Å². The lowest BCUT2D eigenvalue weighted by Crippen LogP contribution is -2.22. The van der Waals surface area contributed by atoms with Gasteiger partial charge in [0.15, 0.2) is 5.82 Å². The summed E-state index contributed by atoms with van der Waals surface area (Å²) in [4.78, 5) is 0. The second kappa shape index (κ2) is 3.18. The van der Waals surface area contributed by atoms with Gasteiger partial charge >= 0.3 is 0 Å². The Kier molecular flexibility index (Phi) is 2.42. The predicted molar refractivity (Wildman–Crippen MR) is 45.6 cm³/mol. The minimum Gasteiger partial charge on any atom is -0.329 e. The molecule has 0 bridgehead atoms. The van der Waals surface area contributed by atoms with Crippen molar-refractivity contribution in [3.05, 3.63) is 5.82 Å². The minimum absolute atomic E-state index is 0.0152. The standard InChI is InChI=1S/C7H15N5/c1-7(2,3)6-9-10-11-12(6)5-4-8/h4-5,8H2,1-3H3. The molecule has 0 radical (unpaired) electrons. The lowest BCUT2D eigenvalue weighted by Gasteiger charge is -2.16. The zero-order valence-corrected chi connectivity index (χ0v) is 7.78. The fourth-order valence-electron chi connectivity index (χ4n) is 1.01. The van der Waals surface area contributed by atoms with Gasteiger partial charge < -0.3 is 5.73 Å². The molecule has 1 aromatic heterocycles. The van der Waals surface area contributed by atoms with E-state index in [9.17, 15) is 0 Å². The molecule has 2 N–H and O–H groups in total. The molecule has 0 amide bonds. The average molecular weight is 169 g/mol. The second-order valence-corrected chi connectivity index (χ2v) is 3.76. The summed E-state index contributed by atoms with van der Waals surface area (Å²) in [6.45, 7) is 7.47. The first-order valence-electron chi connectivity index (χ1n) is 4.02. The van der Waals surface area contributed by atoms with Crippen molar-refractivity contribution in [1.29, 1.82) is 0 Å². The first-order chi connectivity index (χ1) is 5.55. The van der Waals surface area contributed by atoms with Gasteiger partial charge in [0, 0.05) is 12.0 Å². The molecule has 5 heteroatoms. The van der Waals surface area contributed by atoms with Gasteiger partial charge in [-0.15, -0.1) is 5.10 Å². The molecule has 5 nitrogen and oxygen atoms in total. The fraction of sp³-hybridized carbons (Fsp3) is 0.857. The molecule has 12 heavy (non-hydrogen) atoms. The van der Waals surface area contributed by atoms with Crippen LogP contribution >= 0.6 is 0 Å². The smallest absolute Gasteiger partial charge is 0.156 e. The highest BCUT2D eigenvalue weighted by Crippen LogP contribution is 2.17. The van der Waals surface area contributed by atoms with Crippen LogP contribution in [0, 0.1) is 0 Å². The van der Waals surface area contributed by atoms with Crippen LogP contribution < -0.4 is 5.73 Å². The molecular weight excluding hydrogens is 154 g/mol. The SMILES string of the molecule is CC(C)(C)c1nnnn1CCN. The first-order valence-corrected chi connectivity index (χ1v) is 4.02. The van der Waals surface area contributed by atoms with E-state index in [1.165, 1.54) is 0 Å². The number of hydrogen-bond acceptors (Lipinski definition) is 4. The van der Waals surface area contributed by atoms with Gasteiger partial charge in [0.25, 0.3) is 0 Å². The zero-order valence-electron chi connectivity index (χ0n) is 7.78. The van der Waals surface area contributed by atoms with E-state index in [4.69, 9.17) is 5.73 Å². The maximum Gasteiger partial charge on any atom is 0.156 e. The van der Waals surface area contributed by atoms with E-state index in [2.05, 4.69) is 36.3 Å². The van der Waals surface area contributed by atoms with Crippen LogP contribution in [0.1, 0.15) is 26.6 Å². The molecule has 0 aromatic carbocycles. The van der Waals surface area contributed by atoms with Gasteiger partial charge in [-0.05, 0) is 10.4 Å². The van der Waals surface area contributed by atoms with Crippen LogP contribution in [-0.4, -0.2) is 26.8 Å². The molecule has 0 saturated carbocycles. The molecule has 68 valence electrons. The highest BCUT2D eigenvalue weighted by Gasteiger charge is 2.21. The zero-order chi connectivity index (χ0) is 9.19. The van der Waals surface area contributed by atoms with Gasteiger partial charge in [-0.2, -0.15) is 0 Å². The van der Waals surface area contributed by atoms with Gasteiger partial charge in [0.2, 0.25) is 0 Å². The highest BCUT2D eigenvalue weighted by molar-refractivity contribution is 4.98. The summed E-state index contributed by atoms with van der Waals surface area (Å²) in [5, 5.41) is 11.4. The topological polar surface area (TPSA) is 69.6 Å². The number of rotatable bonds is 2. The Balaban J connectivity index is 2.91. The van der Waals surface area contributed by atoms with E-state index < -0.39 is 0 Å². The summed E-state index contributed by atoms with van der Waals surface area (Å²) in [6.07, 6.45) is 0. The van der Waals surface area contributed by atoms with Crippen molar-refractivity contribution in [1.82, 2.24) is 20.2 Å². The molecular formula is C7H15N5. The van der Waals surface area contributed by atoms with E-state index in [-0.39, 0.29) is 5.41 Å². The van der Waals surface area contributed by atoms with Crippen molar-refractivity contribution < 1.29 is 0 Å². The number of tetrazole rings is 1. The molecule has 0 fully saturated rings. The lowest BCUT2D eigenvalue weighted by atomic mass is 9.96.